The number of fused-ring (bicyclic) bond motifs is 2. The van der Waals surface area contributed by atoms with Crippen LogP contribution in [0, 0.1) is 23.2 Å². The Bertz CT molecular complexity index is 374. The van der Waals surface area contributed by atoms with Crippen LogP contribution in [0.1, 0.15) is 34.6 Å². The van der Waals surface area contributed by atoms with Crippen LogP contribution in [0.15, 0.2) is 11.6 Å². The zero-order valence-corrected chi connectivity index (χ0v) is 12.0. The summed E-state index contributed by atoms with van der Waals surface area (Å²) in [5.41, 5.74) is 1.36. The molecule has 2 rings (SSSR count). The second-order valence-corrected chi connectivity index (χ2v) is 6.04. The molecule has 2 bridgehead atoms. The third-order valence-corrected chi connectivity index (χ3v) is 5.06. The van der Waals surface area contributed by atoms with Gasteiger partial charge in [-0.05, 0) is 25.7 Å². The van der Waals surface area contributed by atoms with Crippen LogP contribution in [-0.2, 0) is 14.3 Å². The number of carbonyl (C=O) groups excluding carboxylic acids is 1. The molecule has 0 aromatic heterocycles. The van der Waals surface area contributed by atoms with Gasteiger partial charge in [0.05, 0.1) is 19.3 Å². The van der Waals surface area contributed by atoms with E-state index in [9.17, 15) is 4.79 Å². The van der Waals surface area contributed by atoms with Crippen molar-refractivity contribution in [2.75, 3.05) is 13.2 Å². The molecule has 0 aromatic rings. The smallest absolute Gasteiger partial charge is 0.302 e. The molecule has 1 saturated heterocycles. The first-order valence-corrected chi connectivity index (χ1v) is 6.82. The zero-order valence-electron chi connectivity index (χ0n) is 12.0. The molecule has 0 spiro atoms. The van der Waals surface area contributed by atoms with E-state index in [1.807, 2.05) is 0 Å². The van der Waals surface area contributed by atoms with Crippen molar-refractivity contribution < 1.29 is 14.3 Å². The van der Waals surface area contributed by atoms with Crippen LogP contribution in [0.4, 0.5) is 0 Å². The minimum absolute atomic E-state index is 0.0532. The van der Waals surface area contributed by atoms with Gasteiger partial charge in [0.2, 0.25) is 0 Å². The SMILES string of the molecule is CC(=O)OC[C@@]12CO[C@H](C)[C@@H](C(C)=C[C@H]1C)[C@@H]2C. The lowest BCUT2D eigenvalue weighted by molar-refractivity contribution is -0.175. The van der Waals surface area contributed by atoms with Crippen molar-refractivity contribution in [2.24, 2.45) is 23.2 Å². The van der Waals surface area contributed by atoms with Crippen molar-refractivity contribution in [3.05, 3.63) is 11.6 Å². The molecular formula is C15H24O3. The molecule has 102 valence electrons. The van der Waals surface area contributed by atoms with E-state index in [-0.39, 0.29) is 17.5 Å². The second-order valence-electron chi connectivity index (χ2n) is 6.04. The highest BCUT2D eigenvalue weighted by Crippen LogP contribution is 2.52. The van der Waals surface area contributed by atoms with Crippen LogP contribution < -0.4 is 0 Å². The molecule has 1 fully saturated rings. The zero-order chi connectivity index (χ0) is 13.5. The average Bonchev–Trinajstić information content (AvgIpc) is 2.26. The minimum Gasteiger partial charge on any atom is -0.465 e. The van der Waals surface area contributed by atoms with Crippen LogP contribution in [0.3, 0.4) is 0 Å². The second kappa shape index (κ2) is 4.69. The molecular weight excluding hydrogens is 228 g/mol. The monoisotopic (exact) mass is 252 g/mol. The molecule has 5 atom stereocenters. The summed E-state index contributed by atoms with van der Waals surface area (Å²) in [6.45, 7) is 11.4. The number of rotatable bonds is 2. The van der Waals surface area contributed by atoms with E-state index in [1.165, 1.54) is 12.5 Å². The van der Waals surface area contributed by atoms with Gasteiger partial charge in [-0.3, -0.25) is 4.79 Å². The maximum absolute atomic E-state index is 11.1. The fraction of sp³-hybridized carbons (Fsp3) is 0.800. The summed E-state index contributed by atoms with van der Waals surface area (Å²) in [7, 11) is 0. The Morgan fingerprint density at radius 2 is 2.17 bits per heavy atom. The van der Waals surface area contributed by atoms with Crippen molar-refractivity contribution in [1.82, 2.24) is 0 Å². The van der Waals surface area contributed by atoms with Gasteiger partial charge in [0.1, 0.15) is 0 Å². The van der Waals surface area contributed by atoms with Crippen LogP contribution >= 0.6 is 0 Å². The van der Waals surface area contributed by atoms with E-state index in [0.717, 1.165) is 0 Å². The first-order valence-electron chi connectivity index (χ1n) is 6.82. The van der Waals surface area contributed by atoms with Crippen molar-refractivity contribution in [2.45, 2.75) is 40.7 Å². The summed E-state index contributed by atoms with van der Waals surface area (Å²) in [4.78, 5) is 11.1. The van der Waals surface area contributed by atoms with Gasteiger partial charge < -0.3 is 9.47 Å². The van der Waals surface area contributed by atoms with Gasteiger partial charge >= 0.3 is 5.97 Å². The third kappa shape index (κ3) is 1.99. The molecule has 3 heteroatoms. The van der Waals surface area contributed by atoms with Crippen molar-refractivity contribution in [3.63, 3.8) is 0 Å². The highest BCUT2D eigenvalue weighted by Gasteiger charge is 2.53. The first kappa shape index (κ1) is 13.6. The highest BCUT2D eigenvalue weighted by atomic mass is 16.5. The van der Waals surface area contributed by atoms with E-state index < -0.39 is 0 Å². The Morgan fingerprint density at radius 1 is 1.50 bits per heavy atom. The predicted molar refractivity (Wildman–Crippen MR) is 70.1 cm³/mol. The van der Waals surface area contributed by atoms with Gasteiger partial charge in [-0.2, -0.15) is 0 Å². The van der Waals surface area contributed by atoms with Gasteiger partial charge in [0.25, 0.3) is 0 Å². The highest BCUT2D eigenvalue weighted by molar-refractivity contribution is 5.65. The van der Waals surface area contributed by atoms with Gasteiger partial charge in [-0.25, -0.2) is 0 Å². The number of esters is 1. The van der Waals surface area contributed by atoms with Crippen LogP contribution in [0.5, 0.6) is 0 Å². The number of hydrogen-bond acceptors (Lipinski definition) is 3. The Morgan fingerprint density at radius 3 is 2.78 bits per heavy atom. The van der Waals surface area contributed by atoms with E-state index in [2.05, 4.69) is 33.8 Å². The molecule has 0 saturated carbocycles. The molecule has 0 N–H and O–H groups in total. The lowest BCUT2D eigenvalue weighted by Gasteiger charge is -2.54. The maximum atomic E-state index is 11.1. The molecule has 1 aliphatic carbocycles. The molecule has 18 heavy (non-hydrogen) atoms. The molecule has 3 nitrogen and oxygen atoms in total. The number of allylic oxidation sites excluding steroid dienone is 1. The molecule has 0 amide bonds. The standard InChI is InChI=1S/C15H24O3/c1-9-6-10(2)15(8-18-13(5)16)7-17-12(4)14(9)11(15)3/h6,10-12,14H,7-8H2,1-5H3/t10-,11+,12-,14+,15+/m1/s1. The maximum Gasteiger partial charge on any atom is 0.302 e. The van der Waals surface area contributed by atoms with Gasteiger partial charge in [-0.1, -0.05) is 25.5 Å². The molecule has 2 aliphatic rings. The van der Waals surface area contributed by atoms with Crippen LogP contribution in [-0.4, -0.2) is 25.3 Å². The number of hydrogen-bond donors (Lipinski definition) is 0. The average molecular weight is 252 g/mol. The van der Waals surface area contributed by atoms with Crippen molar-refractivity contribution >= 4 is 5.97 Å². The summed E-state index contributed by atoms with van der Waals surface area (Å²) in [5, 5.41) is 0. The lowest BCUT2D eigenvalue weighted by atomic mass is 9.56. The van der Waals surface area contributed by atoms with E-state index in [0.29, 0.717) is 31.0 Å². The fourth-order valence-electron chi connectivity index (χ4n) is 3.81. The summed E-state index contributed by atoms with van der Waals surface area (Å²) in [5.74, 6) is 1.12. The number of ether oxygens (including phenoxy) is 2. The van der Waals surface area contributed by atoms with Crippen molar-refractivity contribution in [3.8, 4) is 0 Å². The molecule has 0 aromatic carbocycles. The largest absolute Gasteiger partial charge is 0.465 e. The predicted octanol–water partition coefficient (Wildman–Crippen LogP) is 2.80. The van der Waals surface area contributed by atoms with E-state index in [4.69, 9.17) is 9.47 Å². The topological polar surface area (TPSA) is 35.5 Å². The lowest BCUT2D eigenvalue weighted by Crippen LogP contribution is -2.56. The Balaban J connectivity index is 2.31. The summed E-state index contributed by atoms with van der Waals surface area (Å²) in [6.07, 6.45) is 2.60. The quantitative estimate of drug-likeness (QED) is 0.560. The Kier molecular flexibility index (Phi) is 3.54. The Hall–Kier alpha value is -0.830. The molecule has 1 aliphatic heterocycles. The molecule has 0 unspecified atom stereocenters. The number of carbonyl (C=O) groups is 1. The van der Waals surface area contributed by atoms with E-state index in [1.54, 1.807) is 0 Å². The first-order chi connectivity index (χ1) is 8.38. The van der Waals surface area contributed by atoms with Crippen LogP contribution in [0.25, 0.3) is 0 Å². The molecule has 1 heterocycles. The third-order valence-electron chi connectivity index (χ3n) is 5.06. The summed E-state index contributed by atoms with van der Waals surface area (Å²) < 4.78 is 11.3. The van der Waals surface area contributed by atoms with Gasteiger partial charge in [0.15, 0.2) is 0 Å². The van der Waals surface area contributed by atoms with Gasteiger partial charge in [0, 0.05) is 18.3 Å². The normalized spacial score (nSPS) is 43.3. The summed E-state index contributed by atoms with van der Waals surface area (Å²) >= 11 is 0. The fourth-order valence-corrected chi connectivity index (χ4v) is 3.81. The summed E-state index contributed by atoms with van der Waals surface area (Å²) in [6, 6.07) is 0. The van der Waals surface area contributed by atoms with E-state index >= 15 is 0 Å². The van der Waals surface area contributed by atoms with Crippen molar-refractivity contribution in [1.29, 1.82) is 0 Å². The van der Waals surface area contributed by atoms with Gasteiger partial charge in [-0.15, -0.1) is 0 Å². The molecule has 0 radical (unpaired) electrons. The Labute approximate surface area is 110 Å². The van der Waals surface area contributed by atoms with Crippen LogP contribution in [0.2, 0.25) is 0 Å². The minimum atomic E-state index is -0.203.